The van der Waals surface area contributed by atoms with Gasteiger partial charge in [0.05, 0.1) is 11.8 Å². The second-order valence-electron chi connectivity index (χ2n) is 5.43. The standard InChI is InChI=1S/C18H20BN2O2/c1-13(15-9-5-3-6-10-15)17(22)20-19-21-18(23)14(2)16-11-7-4-8-12-16/h3-14H,1-2H3,(H,20,22)(H,21,23). The summed E-state index contributed by atoms with van der Waals surface area (Å²) in [5, 5.41) is 5.24. The van der Waals surface area contributed by atoms with Crippen molar-refractivity contribution >= 4 is 19.4 Å². The third-order valence-electron chi connectivity index (χ3n) is 3.81. The van der Waals surface area contributed by atoms with Crippen LogP contribution in [0.4, 0.5) is 0 Å². The predicted molar refractivity (Wildman–Crippen MR) is 91.8 cm³/mol. The van der Waals surface area contributed by atoms with Gasteiger partial charge in [-0.25, -0.2) is 0 Å². The third kappa shape index (κ3) is 4.71. The first-order valence-corrected chi connectivity index (χ1v) is 7.62. The van der Waals surface area contributed by atoms with Crippen molar-refractivity contribution in [1.29, 1.82) is 0 Å². The van der Waals surface area contributed by atoms with Crippen molar-refractivity contribution in [3.05, 3.63) is 71.8 Å². The van der Waals surface area contributed by atoms with Gasteiger partial charge in [-0.3, -0.25) is 9.59 Å². The molecule has 2 N–H and O–H groups in total. The molecule has 5 heteroatoms. The summed E-state index contributed by atoms with van der Waals surface area (Å²) >= 11 is 0. The zero-order chi connectivity index (χ0) is 16.7. The van der Waals surface area contributed by atoms with Crippen molar-refractivity contribution < 1.29 is 9.59 Å². The molecule has 4 nitrogen and oxygen atoms in total. The number of benzene rings is 2. The molecule has 0 bridgehead atoms. The fourth-order valence-corrected chi connectivity index (χ4v) is 2.21. The Morgan fingerprint density at radius 2 is 1.09 bits per heavy atom. The molecule has 0 aliphatic rings. The van der Waals surface area contributed by atoms with Gasteiger partial charge < -0.3 is 10.5 Å². The zero-order valence-corrected chi connectivity index (χ0v) is 13.3. The van der Waals surface area contributed by atoms with E-state index in [0.29, 0.717) is 0 Å². The molecule has 1 radical (unpaired) electrons. The van der Waals surface area contributed by atoms with E-state index in [1.807, 2.05) is 74.5 Å². The van der Waals surface area contributed by atoms with E-state index in [1.165, 1.54) is 7.55 Å². The monoisotopic (exact) mass is 307 g/mol. The molecule has 2 rings (SSSR count). The van der Waals surface area contributed by atoms with Crippen LogP contribution in [0.3, 0.4) is 0 Å². The number of carbonyl (C=O) groups excluding carboxylic acids is 2. The summed E-state index contributed by atoms with van der Waals surface area (Å²) in [5.74, 6) is -0.889. The predicted octanol–water partition coefficient (Wildman–Crippen LogP) is 2.36. The molecule has 23 heavy (non-hydrogen) atoms. The van der Waals surface area contributed by atoms with Crippen molar-refractivity contribution in [3.8, 4) is 0 Å². The summed E-state index contributed by atoms with van der Waals surface area (Å²) in [6, 6.07) is 19.0. The first-order valence-electron chi connectivity index (χ1n) is 7.62. The largest absolute Gasteiger partial charge is 0.390 e. The average molecular weight is 307 g/mol. The minimum absolute atomic E-state index is 0.163. The Morgan fingerprint density at radius 3 is 1.43 bits per heavy atom. The van der Waals surface area contributed by atoms with Gasteiger partial charge in [0.1, 0.15) is 0 Å². The van der Waals surface area contributed by atoms with Crippen LogP contribution in [0.15, 0.2) is 60.7 Å². The maximum atomic E-state index is 12.1. The van der Waals surface area contributed by atoms with Crippen molar-refractivity contribution in [2.45, 2.75) is 25.7 Å². The Hall–Kier alpha value is -2.56. The SMILES string of the molecule is CC(C(=O)N[B]NC(=O)C(C)c1ccccc1)c1ccccc1. The van der Waals surface area contributed by atoms with Gasteiger partial charge in [0.25, 0.3) is 0 Å². The van der Waals surface area contributed by atoms with E-state index in [4.69, 9.17) is 0 Å². The highest BCUT2D eigenvalue weighted by molar-refractivity contribution is 6.39. The Kier molecular flexibility index (Phi) is 5.98. The molecule has 2 atom stereocenters. The van der Waals surface area contributed by atoms with Crippen LogP contribution in [0, 0.1) is 0 Å². The Morgan fingerprint density at radius 1 is 0.739 bits per heavy atom. The summed E-state index contributed by atoms with van der Waals surface area (Å²) in [6.45, 7) is 3.65. The van der Waals surface area contributed by atoms with Gasteiger partial charge in [0.2, 0.25) is 11.8 Å². The van der Waals surface area contributed by atoms with Crippen molar-refractivity contribution in [1.82, 2.24) is 10.5 Å². The molecule has 2 amide bonds. The number of rotatable bonds is 6. The van der Waals surface area contributed by atoms with Crippen LogP contribution in [0.2, 0.25) is 0 Å². The van der Waals surface area contributed by atoms with Crippen LogP contribution in [0.25, 0.3) is 0 Å². The molecule has 2 aromatic rings. The molecule has 0 aromatic heterocycles. The smallest absolute Gasteiger partial charge is 0.382 e. The third-order valence-corrected chi connectivity index (χ3v) is 3.81. The second-order valence-corrected chi connectivity index (χ2v) is 5.43. The molecule has 0 heterocycles. The van der Waals surface area contributed by atoms with Crippen LogP contribution in [0.5, 0.6) is 0 Å². The molecule has 2 unspecified atom stereocenters. The lowest BCUT2D eigenvalue weighted by atomic mass is 9.96. The molecule has 2 aromatic carbocycles. The topological polar surface area (TPSA) is 58.2 Å². The average Bonchev–Trinajstić information content (AvgIpc) is 2.61. The Bertz CT molecular complexity index is 589. The van der Waals surface area contributed by atoms with Crippen LogP contribution in [-0.2, 0) is 9.59 Å². The van der Waals surface area contributed by atoms with E-state index < -0.39 is 0 Å². The quantitative estimate of drug-likeness (QED) is 0.805. The first kappa shape index (κ1) is 16.8. The van der Waals surface area contributed by atoms with Gasteiger partial charge in [0, 0.05) is 0 Å². The lowest BCUT2D eigenvalue weighted by Crippen LogP contribution is -2.43. The number of nitrogens with one attached hydrogen (secondary N) is 2. The highest BCUT2D eigenvalue weighted by Gasteiger charge is 2.18. The van der Waals surface area contributed by atoms with Gasteiger partial charge in [0.15, 0.2) is 0 Å². The Balaban J connectivity index is 1.80. The lowest BCUT2D eigenvalue weighted by molar-refractivity contribution is -0.120. The summed E-state index contributed by atoms with van der Waals surface area (Å²) in [4.78, 5) is 24.1. The molecule has 0 spiro atoms. The summed E-state index contributed by atoms with van der Waals surface area (Å²) in [6.07, 6.45) is 0. The molecule has 0 aliphatic carbocycles. The van der Waals surface area contributed by atoms with Crippen LogP contribution in [0.1, 0.15) is 36.8 Å². The van der Waals surface area contributed by atoms with Crippen LogP contribution < -0.4 is 10.5 Å². The number of carbonyl (C=O) groups is 2. The van der Waals surface area contributed by atoms with Gasteiger partial charge in [-0.15, -0.1) is 0 Å². The molecular weight excluding hydrogens is 287 g/mol. The molecule has 0 aliphatic heterocycles. The van der Waals surface area contributed by atoms with Gasteiger partial charge >= 0.3 is 7.55 Å². The number of hydrogen-bond acceptors (Lipinski definition) is 2. The molecule has 0 saturated carbocycles. The van der Waals surface area contributed by atoms with E-state index in [2.05, 4.69) is 10.5 Å². The summed E-state index contributed by atoms with van der Waals surface area (Å²) in [7, 11) is 1.31. The minimum atomic E-state index is -0.282. The fourth-order valence-electron chi connectivity index (χ4n) is 2.21. The van der Waals surface area contributed by atoms with Crippen molar-refractivity contribution in [2.24, 2.45) is 0 Å². The summed E-state index contributed by atoms with van der Waals surface area (Å²) < 4.78 is 0. The maximum Gasteiger partial charge on any atom is 0.390 e. The van der Waals surface area contributed by atoms with Crippen LogP contribution >= 0.6 is 0 Å². The van der Waals surface area contributed by atoms with E-state index in [-0.39, 0.29) is 23.7 Å². The van der Waals surface area contributed by atoms with Crippen molar-refractivity contribution in [2.75, 3.05) is 0 Å². The van der Waals surface area contributed by atoms with Gasteiger partial charge in [-0.1, -0.05) is 60.7 Å². The van der Waals surface area contributed by atoms with E-state index >= 15 is 0 Å². The Labute approximate surface area is 137 Å². The lowest BCUT2D eigenvalue weighted by Gasteiger charge is -2.14. The highest BCUT2D eigenvalue weighted by Crippen LogP contribution is 2.15. The molecule has 0 saturated heterocycles. The highest BCUT2D eigenvalue weighted by atomic mass is 16.2. The van der Waals surface area contributed by atoms with Crippen LogP contribution in [-0.4, -0.2) is 19.4 Å². The number of amides is 2. The maximum absolute atomic E-state index is 12.1. The van der Waals surface area contributed by atoms with Gasteiger partial charge in [-0.05, 0) is 25.0 Å². The fraction of sp³-hybridized carbons (Fsp3) is 0.222. The van der Waals surface area contributed by atoms with E-state index in [1.54, 1.807) is 0 Å². The van der Waals surface area contributed by atoms with E-state index in [9.17, 15) is 9.59 Å². The summed E-state index contributed by atoms with van der Waals surface area (Å²) in [5.41, 5.74) is 1.87. The molecular formula is C18H20BN2O2. The zero-order valence-electron chi connectivity index (χ0n) is 13.3. The normalized spacial score (nSPS) is 12.8. The molecule has 0 fully saturated rings. The first-order chi connectivity index (χ1) is 11.1. The minimum Gasteiger partial charge on any atom is -0.382 e. The second kappa shape index (κ2) is 8.18. The van der Waals surface area contributed by atoms with Gasteiger partial charge in [-0.2, -0.15) is 0 Å². The number of hydrogen-bond donors (Lipinski definition) is 2. The molecule has 117 valence electrons. The van der Waals surface area contributed by atoms with Crippen molar-refractivity contribution in [3.63, 3.8) is 0 Å². The van der Waals surface area contributed by atoms with E-state index in [0.717, 1.165) is 11.1 Å².